The number of nitrogens with zero attached hydrogens (tertiary/aromatic N) is 1. The first-order valence-corrected chi connectivity index (χ1v) is 9.72. The maximum Gasteiger partial charge on any atom is 0.222 e. The maximum absolute atomic E-state index is 12.5. The fourth-order valence-electron chi connectivity index (χ4n) is 3.34. The molecule has 4 rings (SSSR count). The molecule has 0 aliphatic carbocycles. The molecule has 3 heterocycles. The smallest absolute Gasteiger partial charge is 0.222 e. The topological polar surface area (TPSA) is 49.8 Å². The number of H-pyrrole nitrogens is 1. The third kappa shape index (κ3) is 3.58. The average molecular weight is 363 g/mol. The normalized spacial score (nSPS) is 12.3. The number of aromatic amines is 1. The van der Waals surface area contributed by atoms with E-state index >= 15 is 0 Å². The second-order valence-corrected chi connectivity index (χ2v) is 7.15. The van der Waals surface area contributed by atoms with Gasteiger partial charge in [0, 0.05) is 36.0 Å². The van der Waals surface area contributed by atoms with Crippen molar-refractivity contribution in [1.82, 2.24) is 14.9 Å². The zero-order valence-electron chi connectivity index (χ0n) is 14.4. The number of nitrogens with one attached hydrogen (secondary N) is 2. The maximum atomic E-state index is 12.5. The standard InChI is InChI=1S/C21H21N3OS/c25-21(13-20(17-8-12-26-15-17)24-10-3-4-11-24)22-9-7-16-14-23-19-6-2-1-5-18(16)19/h1-6,8,10-12,14-15,20,23H,7,9,13H2,(H,22,25)/t20-/m1/s1. The highest BCUT2D eigenvalue weighted by Gasteiger charge is 2.17. The lowest BCUT2D eigenvalue weighted by Gasteiger charge is -2.18. The van der Waals surface area contributed by atoms with Crippen molar-refractivity contribution in [2.24, 2.45) is 0 Å². The van der Waals surface area contributed by atoms with Crippen molar-refractivity contribution in [1.29, 1.82) is 0 Å². The summed E-state index contributed by atoms with van der Waals surface area (Å²) in [5.74, 6) is 0.0785. The van der Waals surface area contributed by atoms with Gasteiger partial charge in [0.2, 0.25) is 5.91 Å². The van der Waals surface area contributed by atoms with Crippen LogP contribution >= 0.6 is 11.3 Å². The number of rotatable bonds is 7. The van der Waals surface area contributed by atoms with Crippen molar-refractivity contribution in [3.05, 3.63) is 82.9 Å². The van der Waals surface area contributed by atoms with E-state index in [-0.39, 0.29) is 11.9 Å². The monoisotopic (exact) mass is 363 g/mol. The zero-order chi connectivity index (χ0) is 17.8. The predicted octanol–water partition coefficient (Wildman–Crippen LogP) is 4.37. The highest BCUT2D eigenvalue weighted by Crippen LogP contribution is 2.24. The molecule has 2 N–H and O–H groups in total. The van der Waals surface area contributed by atoms with Gasteiger partial charge < -0.3 is 14.9 Å². The summed E-state index contributed by atoms with van der Waals surface area (Å²) in [5, 5.41) is 8.48. The van der Waals surface area contributed by atoms with Gasteiger partial charge in [0.05, 0.1) is 12.5 Å². The molecule has 0 aliphatic heterocycles. The van der Waals surface area contributed by atoms with Gasteiger partial charge in [0.25, 0.3) is 0 Å². The molecule has 4 nitrogen and oxygen atoms in total. The van der Waals surface area contributed by atoms with Gasteiger partial charge in [-0.3, -0.25) is 4.79 Å². The van der Waals surface area contributed by atoms with Crippen molar-refractivity contribution < 1.29 is 4.79 Å². The summed E-state index contributed by atoms with van der Waals surface area (Å²) in [6.07, 6.45) is 7.33. The molecule has 0 unspecified atom stereocenters. The van der Waals surface area contributed by atoms with Crippen molar-refractivity contribution >= 4 is 28.1 Å². The first-order valence-electron chi connectivity index (χ1n) is 8.77. The number of hydrogen-bond acceptors (Lipinski definition) is 2. The van der Waals surface area contributed by atoms with Crippen molar-refractivity contribution in [3.8, 4) is 0 Å². The van der Waals surface area contributed by atoms with Crippen LogP contribution in [0.2, 0.25) is 0 Å². The fraction of sp³-hybridized carbons (Fsp3) is 0.190. The van der Waals surface area contributed by atoms with Crippen LogP contribution in [-0.2, 0) is 11.2 Å². The molecule has 26 heavy (non-hydrogen) atoms. The van der Waals surface area contributed by atoms with Crippen LogP contribution in [-0.4, -0.2) is 22.0 Å². The quantitative estimate of drug-likeness (QED) is 0.503. The van der Waals surface area contributed by atoms with Gasteiger partial charge in [-0.25, -0.2) is 0 Å². The minimum Gasteiger partial charge on any atom is -0.361 e. The Morgan fingerprint density at radius 2 is 2.00 bits per heavy atom. The Morgan fingerprint density at radius 3 is 2.81 bits per heavy atom. The van der Waals surface area contributed by atoms with Crippen LogP contribution in [0.15, 0.2) is 71.8 Å². The first kappa shape index (κ1) is 16.7. The van der Waals surface area contributed by atoms with Gasteiger partial charge in [-0.15, -0.1) is 0 Å². The number of thiophene rings is 1. The third-order valence-electron chi connectivity index (χ3n) is 4.69. The van der Waals surface area contributed by atoms with E-state index in [2.05, 4.69) is 43.8 Å². The molecular formula is C21H21N3OS. The number of para-hydroxylation sites is 1. The highest BCUT2D eigenvalue weighted by atomic mass is 32.1. The number of fused-ring (bicyclic) bond motifs is 1. The summed E-state index contributed by atoms with van der Waals surface area (Å²) >= 11 is 1.66. The van der Waals surface area contributed by atoms with Gasteiger partial charge in [0.1, 0.15) is 0 Å². The predicted molar refractivity (Wildman–Crippen MR) is 107 cm³/mol. The van der Waals surface area contributed by atoms with Crippen LogP contribution < -0.4 is 5.32 Å². The number of amides is 1. The molecule has 0 aliphatic rings. The summed E-state index contributed by atoms with van der Waals surface area (Å²) in [7, 11) is 0. The Balaban J connectivity index is 1.37. The Bertz CT molecular complexity index is 936. The molecule has 1 amide bonds. The molecule has 3 aromatic heterocycles. The fourth-order valence-corrected chi connectivity index (χ4v) is 4.05. The lowest BCUT2D eigenvalue weighted by Crippen LogP contribution is -2.28. The number of benzene rings is 1. The SMILES string of the molecule is O=C(C[C@H](c1ccsc1)n1cccc1)NCCc1c[nH]c2ccccc12. The van der Waals surface area contributed by atoms with E-state index in [1.807, 2.05) is 42.9 Å². The van der Waals surface area contributed by atoms with E-state index in [0.29, 0.717) is 13.0 Å². The summed E-state index contributed by atoms with van der Waals surface area (Å²) in [6.45, 7) is 0.642. The number of carbonyl (C=O) groups is 1. The summed E-state index contributed by atoms with van der Waals surface area (Å²) in [5.41, 5.74) is 3.55. The molecule has 132 valence electrons. The van der Waals surface area contributed by atoms with Crippen molar-refractivity contribution in [3.63, 3.8) is 0 Å². The Morgan fingerprint density at radius 1 is 1.15 bits per heavy atom. The molecule has 4 aromatic rings. The molecule has 0 saturated heterocycles. The van der Waals surface area contributed by atoms with Gasteiger partial charge in [-0.05, 0) is 52.6 Å². The third-order valence-corrected chi connectivity index (χ3v) is 5.39. The average Bonchev–Trinajstić information content (AvgIpc) is 3.41. The van der Waals surface area contributed by atoms with Crippen LogP contribution in [0, 0.1) is 0 Å². The van der Waals surface area contributed by atoms with Crippen LogP contribution in [0.3, 0.4) is 0 Å². The van der Waals surface area contributed by atoms with E-state index in [1.165, 1.54) is 16.5 Å². The largest absolute Gasteiger partial charge is 0.361 e. The number of aromatic nitrogens is 2. The van der Waals surface area contributed by atoms with Crippen LogP contribution in [0.25, 0.3) is 10.9 Å². The van der Waals surface area contributed by atoms with Crippen LogP contribution in [0.4, 0.5) is 0 Å². The summed E-state index contributed by atoms with van der Waals surface area (Å²) in [4.78, 5) is 15.8. The second-order valence-electron chi connectivity index (χ2n) is 6.37. The molecular weight excluding hydrogens is 342 g/mol. The lowest BCUT2D eigenvalue weighted by atomic mass is 10.1. The lowest BCUT2D eigenvalue weighted by molar-refractivity contribution is -0.121. The first-order chi connectivity index (χ1) is 12.8. The van der Waals surface area contributed by atoms with Crippen molar-refractivity contribution in [2.45, 2.75) is 18.9 Å². The zero-order valence-corrected chi connectivity index (χ0v) is 15.2. The molecule has 0 bridgehead atoms. The molecule has 5 heteroatoms. The van der Waals surface area contributed by atoms with E-state index in [4.69, 9.17) is 0 Å². The highest BCUT2D eigenvalue weighted by molar-refractivity contribution is 7.08. The van der Waals surface area contributed by atoms with E-state index in [9.17, 15) is 4.79 Å². The van der Waals surface area contributed by atoms with Crippen molar-refractivity contribution in [2.75, 3.05) is 6.54 Å². The minimum atomic E-state index is 0.0457. The summed E-state index contributed by atoms with van der Waals surface area (Å²) < 4.78 is 2.10. The van der Waals surface area contributed by atoms with Gasteiger partial charge in [-0.1, -0.05) is 18.2 Å². The van der Waals surface area contributed by atoms with Gasteiger partial charge in [-0.2, -0.15) is 11.3 Å². The molecule has 1 atom stereocenters. The Hall–Kier alpha value is -2.79. The summed E-state index contributed by atoms with van der Waals surface area (Å²) in [6, 6.07) is 14.4. The Labute approximate surface area is 156 Å². The van der Waals surface area contributed by atoms with Gasteiger partial charge in [0.15, 0.2) is 0 Å². The van der Waals surface area contributed by atoms with Gasteiger partial charge >= 0.3 is 0 Å². The molecule has 1 aromatic carbocycles. The van der Waals surface area contributed by atoms with E-state index in [1.54, 1.807) is 11.3 Å². The van der Waals surface area contributed by atoms with E-state index < -0.39 is 0 Å². The molecule has 0 radical (unpaired) electrons. The molecule has 0 saturated carbocycles. The van der Waals surface area contributed by atoms with E-state index in [0.717, 1.165) is 11.9 Å². The minimum absolute atomic E-state index is 0.0457. The van der Waals surface area contributed by atoms with Crippen LogP contribution in [0.5, 0.6) is 0 Å². The molecule has 0 fully saturated rings. The number of hydrogen-bond donors (Lipinski definition) is 2. The number of carbonyl (C=O) groups excluding carboxylic acids is 1. The van der Waals surface area contributed by atoms with Crippen LogP contribution in [0.1, 0.15) is 23.6 Å². The molecule has 0 spiro atoms. The second kappa shape index (κ2) is 7.62. The Kier molecular flexibility index (Phi) is 4.88.